The molecule has 1 aromatic heterocycles. The molecule has 0 fully saturated rings. The van der Waals surface area contributed by atoms with Crippen molar-refractivity contribution in [1.29, 1.82) is 0 Å². The lowest BCUT2D eigenvalue weighted by molar-refractivity contribution is 0.261. The monoisotopic (exact) mass is 339 g/mol. The molecule has 8 heteroatoms. The first-order valence-electron chi connectivity index (χ1n) is 7.14. The van der Waals surface area contributed by atoms with Gasteiger partial charge in [0.25, 0.3) is 0 Å². The second-order valence-electron chi connectivity index (χ2n) is 4.56. The molecule has 23 heavy (non-hydrogen) atoms. The Bertz CT molecular complexity index is 687. The highest BCUT2D eigenvalue weighted by molar-refractivity contribution is 6.32. The van der Waals surface area contributed by atoms with Gasteiger partial charge >= 0.3 is 6.03 Å². The molecule has 0 spiro atoms. The molecule has 0 atom stereocenters. The van der Waals surface area contributed by atoms with E-state index in [2.05, 4.69) is 15.8 Å². The molecule has 0 aliphatic carbocycles. The number of halogens is 1. The predicted molar refractivity (Wildman–Crippen MR) is 87.7 cm³/mol. The third-order valence-corrected chi connectivity index (χ3v) is 3.04. The summed E-state index contributed by atoms with van der Waals surface area (Å²) < 4.78 is 15.9. The first-order chi connectivity index (χ1) is 11.0. The third kappa shape index (κ3) is 4.53. The number of ether oxygens (including phenoxy) is 2. The topological polar surface area (TPSA) is 85.6 Å². The van der Waals surface area contributed by atoms with Crippen molar-refractivity contribution >= 4 is 29.2 Å². The van der Waals surface area contributed by atoms with Gasteiger partial charge in [0.2, 0.25) is 5.88 Å². The van der Waals surface area contributed by atoms with Gasteiger partial charge in [0, 0.05) is 12.1 Å². The van der Waals surface area contributed by atoms with Crippen LogP contribution in [-0.2, 0) is 0 Å². The summed E-state index contributed by atoms with van der Waals surface area (Å²) in [4.78, 5) is 12.0. The molecule has 2 aromatic rings. The normalized spacial score (nSPS) is 10.3. The van der Waals surface area contributed by atoms with Crippen LogP contribution in [0.3, 0.4) is 0 Å². The molecular formula is C15H18ClN3O4. The third-order valence-electron chi connectivity index (χ3n) is 2.75. The number of hydrogen-bond donors (Lipinski definition) is 2. The fourth-order valence-electron chi connectivity index (χ4n) is 1.86. The van der Waals surface area contributed by atoms with Gasteiger partial charge < -0.3 is 19.3 Å². The summed E-state index contributed by atoms with van der Waals surface area (Å²) in [5.74, 6) is 1.20. The molecule has 0 saturated heterocycles. The first kappa shape index (κ1) is 17.0. The van der Waals surface area contributed by atoms with E-state index in [1.54, 1.807) is 25.1 Å². The summed E-state index contributed by atoms with van der Waals surface area (Å²) in [7, 11) is 0. The van der Waals surface area contributed by atoms with E-state index in [1.807, 2.05) is 13.8 Å². The molecule has 124 valence electrons. The number of anilines is 2. The molecule has 0 aliphatic heterocycles. The zero-order valence-electron chi connectivity index (χ0n) is 13.1. The van der Waals surface area contributed by atoms with Crippen LogP contribution >= 0.6 is 11.6 Å². The Morgan fingerprint density at radius 2 is 1.87 bits per heavy atom. The standard InChI is InChI=1S/C15H18ClN3O4/c1-4-21-12-8-13(22-5-2)11(7-10(12)16)17-15(20)18-14-6-9(3)19-23-14/h6-8H,4-5H2,1-3H3,(H2,17,18,20). The molecule has 2 amide bonds. The highest BCUT2D eigenvalue weighted by Crippen LogP contribution is 2.36. The summed E-state index contributed by atoms with van der Waals surface area (Å²) in [6.45, 7) is 6.37. The smallest absolute Gasteiger partial charge is 0.326 e. The van der Waals surface area contributed by atoms with Gasteiger partial charge in [-0.2, -0.15) is 0 Å². The zero-order chi connectivity index (χ0) is 16.8. The maximum atomic E-state index is 12.0. The Balaban J connectivity index is 2.16. The summed E-state index contributed by atoms with van der Waals surface area (Å²) in [6, 6.07) is 4.32. The Morgan fingerprint density at radius 3 is 2.48 bits per heavy atom. The van der Waals surface area contributed by atoms with Crippen LogP contribution in [0.25, 0.3) is 0 Å². The summed E-state index contributed by atoms with van der Waals surface area (Å²) in [6.07, 6.45) is 0. The SMILES string of the molecule is CCOc1cc(OCC)c(NC(=O)Nc2cc(C)no2)cc1Cl. The average Bonchev–Trinajstić information content (AvgIpc) is 2.89. The second kappa shape index (κ2) is 7.73. The highest BCUT2D eigenvalue weighted by atomic mass is 35.5. The number of carbonyl (C=O) groups excluding carboxylic acids is 1. The number of aryl methyl sites for hydroxylation is 1. The first-order valence-corrected chi connectivity index (χ1v) is 7.51. The molecule has 1 aromatic carbocycles. The number of benzene rings is 1. The van der Waals surface area contributed by atoms with Gasteiger partial charge in [-0.05, 0) is 26.8 Å². The van der Waals surface area contributed by atoms with Crippen molar-refractivity contribution < 1.29 is 18.8 Å². The number of hydrogen-bond acceptors (Lipinski definition) is 5. The number of nitrogens with zero attached hydrogens (tertiary/aromatic N) is 1. The molecular weight excluding hydrogens is 322 g/mol. The minimum atomic E-state index is -0.498. The van der Waals surface area contributed by atoms with E-state index in [9.17, 15) is 4.79 Å². The van der Waals surface area contributed by atoms with E-state index in [4.69, 9.17) is 25.6 Å². The van der Waals surface area contributed by atoms with E-state index in [0.29, 0.717) is 41.1 Å². The van der Waals surface area contributed by atoms with Crippen LogP contribution in [0.15, 0.2) is 22.7 Å². The van der Waals surface area contributed by atoms with Crippen molar-refractivity contribution in [2.75, 3.05) is 23.8 Å². The van der Waals surface area contributed by atoms with E-state index in [0.717, 1.165) is 0 Å². The average molecular weight is 340 g/mol. The molecule has 7 nitrogen and oxygen atoms in total. The minimum Gasteiger partial charge on any atom is -0.492 e. The number of aromatic nitrogens is 1. The number of urea groups is 1. The quantitative estimate of drug-likeness (QED) is 0.828. The highest BCUT2D eigenvalue weighted by Gasteiger charge is 2.14. The molecule has 0 aliphatic rings. The van der Waals surface area contributed by atoms with E-state index in [1.165, 1.54) is 0 Å². The summed E-state index contributed by atoms with van der Waals surface area (Å²) in [5.41, 5.74) is 1.09. The largest absolute Gasteiger partial charge is 0.492 e. The lowest BCUT2D eigenvalue weighted by atomic mass is 10.2. The Kier molecular flexibility index (Phi) is 5.70. The van der Waals surface area contributed by atoms with Crippen molar-refractivity contribution in [2.24, 2.45) is 0 Å². The van der Waals surface area contributed by atoms with Gasteiger partial charge in [0.05, 0.1) is 29.6 Å². The second-order valence-corrected chi connectivity index (χ2v) is 4.96. The van der Waals surface area contributed by atoms with Crippen molar-refractivity contribution in [3.63, 3.8) is 0 Å². The lowest BCUT2D eigenvalue weighted by Crippen LogP contribution is -2.19. The fraction of sp³-hybridized carbons (Fsp3) is 0.333. The summed E-state index contributed by atoms with van der Waals surface area (Å²) >= 11 is 6.15. The number of amides is 2. The number of carbonyl (C=O) groups is 1. The van der Waals surface area contributed by atoms with Crippen LogP contribution in [-0.4, -0.2) is 24.4 Å². The van der Waals surface area contributed by atoms with Crippen molar-refractivity contribution in [2.45, 2.75) is 20.8 Å². The van der Waals surface area contributed by atoms with E-state index < -0.39 is 6.03 Å². The molecule has 0 radical (unpaired) electrons. The molecule has 0 saturated carbocycles. The zero-order valence-corrected chi connectivity index (χ0v) is 13.9. The molecule has 0 bridgehead atoms. The Labute approximate surface area is 138 Å². The number of nitrogens with one attached hydrogen (secondary N) is 2. The minimum absolute atomic E-state index is 0.245. The van der Waals surface area contributed by atoms with Crippen LogP contribution in [0, 0.1) is 6.92 Å². The molecule has 0 unspecified atom stereocenters. The van der Waals surface area contributed by atoms with Gasteiger partial charge in [-0.15, -0.1) is 0 Å². The van der Waals surface area contributed by atoms with Crippen molar-refractivity contribution in [1.82, 2.24) is 5.16 Å². The molecule has 1 heterocycles. The van der Waals surface area contributed by atoms with E-state index >= 15 is 0 Å². The van der Waals surface area contributed by atoms with Crippen LogP contribution < -0.4 is 20.1 Å². The Morgan fingerprint density at radius 1 is 1.17 bits per heavy atom. The van der Waals surface area contributed by atoms with E-state index in [-0.39, 0.29) is 5.88 Å². The fourth-order valence-corrected chi connectivity index (χ4v) is 2.08. The maximum Gasteiger partial charge on any atom is 0.326 e. The van der Waals surface area contributed by atoms with Gasteiger partial charge in [-0.25, -0.2) is 4.79 Å². The predicted octanol–water partition coefficient (Wildman–Crippen LogP) is 4.08. The van der Waals surface area contributed by atoms with Crippen LogP contribution in [0.1, 0.15) is 19.5 Å². The van der Waals surface area contributed by atoms with Gasteiger partial charge in [-0.1, -0.05) is 16.8 Å². The van der Waals surface area contributed by atoms with Crippen molar-refractivity contribution in [3.05, 3.63) is 28.9 Å². The van der Waals surface area contributed by atoms with Crippen LogP contribution in [0.2, 0.25) is 5.02 Å². The maximum absolute atomic E-state index is 12.0. The summed E-state index contributed by atoms with van der Waals surface area (Å²) in [5, 5.41) is 9.26. The Hall–Kier alpha value is -2.41. The molecule has 2 N–H and O–H groups in total. The van der Waals surface area contributed by atoms with Crippen molar-refractivity contribution in [3.8, 4) is 11.5 Å². The van der Waals surface area contributed by atoms with Crippen LogP contribution in [0.5, 0.6) is 11.5 Å². The van der Waals surface area contributed by atoms with Gasteiger partial charge in [0.1, 0.15) is 11.5 Å². The molecule has 2 rings (SSSR count). The van der Waals surface area contributed by atoms with Crippen LogP contribution in [0.4, 0.5) is 16.4 Å². The van der Waals surface area contributed by atoms with Gasteiger partial charge in [-0.3, -0.25) is 5.32 Å². The van der Waals surface area contributed by atoms with Gasteiger partial charge in [0.15, 0.2) is 0 Å². The number of rotatable bonds is 6. The lowest BCUT2D eigenvalue weighted by Gasteiger charge is -2.14.